The summed E-state index contributed by atoms with van der Waals surface area (Å²) in [5, 5.41) is 0. The first-order valence-corrected chi connectivity index (χ1v) is 7.50. The van der Waals surface area contributed by atoms with Gasteiger partial charge in [0, 0.05) is 58.1 Å². The summed E-state index contributed by atoms with van der Waals surface area (Å²) in [7, 11) is 3.58. The van der Waals surface area contributed by atoms with Crippen molar-refractivity contribution in [3.8, 4) is 5.75 Å². The van der Waals surface area contributed by atoms with Gasteiger partial charge in [0.2, 0.25) is 0 Å². The smallest absolute Gasteiger partial charge is 0.319 e. The van der Waals surface area contributed by atoms with Crippen LogP contribution < -0.4 is 10.5 Å². The number of para-hydroxylation sites is 1. The van der Waals surface area contributed by atoms with Crippen molar-refractivity contribution in [3.63, 3.8) is 0 Å². The van der Waals surface area contributed by atoms with Crippen molar-refractivity contribution < 1.29 is 9.53 Å². The molecule has 1 saturated heterocycles. The molecule has 1 aromatic carbocycles. The monoisotopic (exact) mass is 289 g/mol. The summed E-state index contributed by atoms with van der Waals surface area (Å²) < 4.78 is 6.29. The first-order chi connectivity index (χ1) is 10.0. The van der Waals surface area contributed by atoms with Crippen LogP contribution in [0.3, 0.4) is 0 Å². The number of urea groups is 1. The number of fused-ring (bicyclic) bond motifs is 1. The third-order valence-electron chi connectivity index (χ3n) is 4.56. The molecule has 2 aliphatic rings. The van der Waals surface area contributed by atoms with Crippen LogP contribution in [0.5, 0.6) is 5.75 Å². The van der Waals surface area contributed by atoms with Gasteiger partial charge in [-0.25, -0.2) is 4.79 Å². The number of nitrogens with zero attached hydrogens (tertiary/aromatic N) is 2. The number of carbonyl (C=O) groups is 1. The van der Waals surface area contributed by atoms with Crippen molar-refractivity contribution in [3.05, 3.63) is 29.8 Å². The molecule has 2 N–H and O–H groups in total. The molecule has 1 spiro atoms. The summed E-state index contributed by atoms with van der Waals surface area (Å²) in [6.07, 6.45) is 2.51. The third kappa shape index (κ3) is 2.58. The Morgan fingerprint density at radius 2 is 2.00 bits per heavy atom. The first-order valence-electron chi connectivity index (χ1n) is 7.50. The Labute approximate surface area is 125 Å². The summed E-state index contributed by atoms with van der Waals surface area (Å²) in [6.45, 7) is 1.46. The molecule has 1 aromatic rings. The van der Waals surface area contributed by atoms with E-state index in [-0.39, 0.29) is 17.7 Å². The second kappa shape index (κ2) is 5.22. The molecule has 1 fully saturated rings. The number of hydrogen-bond donors (Lipinski definition) is 1. The molecule has 2 heterocycles. The van der Waals surface area contributed by atoms with Gasteiger partial charge >= 0.3 is 6.03 Å². The predicted octanol–water partition coefficient (Wildman–Crippen LogP) is 1.99. The van der Waals surface area contributed by atoms with Crippen LogP contribution in [0.2, 0.25) is 0 Å². The van der Waals surface area contributed by atoms with Gasteiger partial charge in [-0.05, 0) is 6.07 Å². The van der Waals surface area contributed by atoms with Crippen LogP contribution >= 0.6 is 0 Å². The van der Waals surface area contributed by atoms with Crippen LogP contribution in [0.15, 0.2) is 24.3 Å². The van der Waals surface area contributed by atoms with E-state index in [0.717, 1.165) is 43.7 Å². The van der Waals surface area contributed by atoms with E-state index >= 15 is 0 Å². The van der Waals surface area contributed by atoms with E-state index in [2.05, 4.69) is 0 Å². The van der Waals surface area contributed by atoms with Gasteiger partial charge in [-0.1, -0.05) is 18.2 Å². The third-order valence-corrected chi connectivity index (χ3v) is 4.56. The lowest BCUT2D eigenvalue weighted by atomic mass is 9.81. The second-order valence-corrected chi connectivity index (χ2v) is 6.30. The Hall–Kier alpha value is -1.75. The highest BCUT2D eigenvalue weighted by molar-refractivity contribution is 5.73. The number of rotatable bonds is 0. The standard InChI is InChI=1S/C16H23N3O2/c1-18(2)15(20)19-9-7-16(8-10-19)11-13(17)12-5-3-4-6-14(12)21-16/h3-6,13H,7-11,17H2,1-2H3/t13-/m0/s1. The number of piperidine rings is 1. The maximum absolute atomic E-state index is 12.0. The van der Waals surface area contributed by atoms with Gasteiger partial charge in [-0.2, -0.15) is 0 Å². The molecule has 2 aliphatic heterocycles. The molecule has 0 unspecified atom stereocenters. The Morgan fingerprint density at radius 3 is 2.67 bits per heavy atom. The van der Waals surface area contributed by atoms with Crippen molar-refractivity contribution in [1.29, 1.82) is 0 Å². The number of hydrogen-bond acceptors (Lipinski definition) is 3. The van der Waals surface area contributed by atoms with Gasteiger partial charge < -0.3 is 20.3 Å². The minimum Gasteiger partial charge on any atom is -0.487 e. The first kappa shape index (κ1) is 14.2. The van der Waals surface area contributed by atoms with Gasteiger partial charge in [0.1, 0.15) is 11.4 Å². The molecule has 5 heteroatoms. The van der Waals surface area contributed by atoms with E-state index in [1.54, 1.807) is 19.0 Å². The summed E-state index contributed by atoms with van der Waals surface area (Å²) in [5.74, 6) is 0.906. The maximum Gasteiger partial charge on any atom is 0.319 e. The average Bonchev–Trinajstić information content (AvgIpc) is 2.47. The van der Waals surface area contributed by atoms with E-state index in [1.165, 1.54) is 0 Å². The minimum absolute atomic E-state index is 0.0195. The highest BCUT2D eigenvalue weighted by atomic mass is 16.5. The summed E-state index contributed by atoms with van der Waals surface area (Å²) >= 11 is 0. The molecule has 21 heavy (non-hydrogen) atoms. The lowest BCUT2D eigenvalue weighted by molar-refractivity contribution is -0.0151. The fraction of sp³-hybridized carbons (Fsp3) is 0.562. The highest BCUT2D eigenvalue weighted by Crippen LogP contribution is 2.43. The summed E-state index contributed by atoms with van der Waals surface area (Å²) in [6, 6.07) is 8.11. The van der Waals surface area contributed by atoms with Gasteiger partial charge in [0.25, 0.3) is 0 Å². The minimum atomic E-state index is -0.211. The fourth-order valence-electron chi connectivity index (χ4n) is 3.36. The Balaban J connectivity index is 1.73. The van der Waals surface area contributed by atoms with Gasteiger partial charge in [0.05, 0.1) is 0 Å². The Morgan fingerprint density at radius 1 is 1.33 bits per heavy atom. The van der Waals surface area contributed by atoms with Crippen LogP contribution in [0.4, 0.5) is 4.79 Å². The number of ether oxygens (including phenoxy) is 1. The van der Waals surface area contributed by atoms with E-state index < -0.39 is 0 Å². The molecular weight excluding hydrogens is 266 g/mol. The Kier molecular flexibility index (Phi) is 3.53. The zero-order valence-electron chi connectivity index (χ0n) is 12.7. The zero-order valence-corrected chi connectivity index (χ0v) is 12.7. The second-order valence-electron chi connectivity index (χ2n) is 6.30. The average molecular weight is 289 g/mol. The van der Waals surface area contributed by atoms with Crippen LogP contribution in [0, 0.1) is 0 Å². The quantitative estimate of drug-likeness (QED) is 0.794. The Bertz CT molecular complexity index is 536. The molecule has 3 rings (SSSR count). The SMILES string of the molecule is CN(C)C(=O)N1CCC2(CC1)C[C@H](N)c1ccccc1O2. The zero-order chi connectivity index (χ0) is 15.0. The van der Waals surface area contributed by atoms with Gasteiger partial charge in [-0.15, -0.1) is 0 Å². The van der Waals surface area contributed by atoms with E-state index in [0.29, 0.717) is 0 Å². The maximum atomic E-state index is 12.0. The van der Waals surface area contributed by atoms with E-state index in [1.807, 2.05) is 29.2 Å². The largest absolute Gasteiger partial charge is 0.487 e. The summed E-state index contributed by atoms with van der Waals surface area (Å²) in [4.78, 5) is 15.5. The molecule has 5 nitrogen and oxygen atoms in total. The number of amides is 2. The molecule has 0 aliphatic carbocycles. The van der Waals surface area contributed by atoms with Crippen LogP contribution in [0.25, 0.3) is 0 Å². The molecular formula is C16H23N3O2. The van der Waals surface area contributed by atoms with E-state index in [4.69, 9.17) is 10.5 Å². The van der Waals surface area contributed by atoms with Gasteiger partial charge in [-0.3, -0.25) is 0 Å². The molecule has 0 saturated carbocycles. The molecule has 0 bridgehead atoms. The van der Waals surface area contributed by atoms with Crippen LogP contribution in [-0.4, -0.2) is 48.6 Å². The number of benzene rings is 1. The molecule has 114 valence electrons. The number of likely N-dealkylation sites (tertiary alicyclic amines) is 1. The topological polar surface area (TPSA) is 58.8 Å². The van der Waals surface area contributed by atoms with Crippen LogP contribution in [0.1, 0.15) is 30.9 Å². The highest BCUT2D eigenvalue weighted by Gasteiger charge is 2.43. The molecule has 0 aromatic heterocycles. The molecule has 2 amide bonds. The number of carbonyl (C=O) groups excluding carboxylic acids is 1. The molecule has 1 atom stereocenters. The van der Waals surface area contributed by atoms with E-state index in [9.17, 15) is 4.79 Å². The van der Waals surface area contributed by atoms with Crippen molar-refractivity contribution >= 4 is 6.03 Å². The predicted molar refractivity (Wildman–Crippen MR) is 81.2 cm³/mol. The number of nitrogens with two attached hydrogens (primary N) is 1. The van der Waals surface area contributed by atoms with Crippen molar-refractivity contribution in [1.82, 2.24) is 9.80 Å². The fourth-order valence-corrected chi connectivity index (χ4v) is 3.36. The normalized spacial score (nSPS) is 23.4. The van der Waals surface area contributed by atoms with Crippen LogP contribution in [-0.2, 0) is 0 Å². The van der Waals surface area contributed by atoms with Crippen molar-refractivity contribution in [2.24, 2.45) is 5.73 Å². The molecule has 0 radical (unpaired) electrons. The van der Waals surface area contributed by atoms with Gasteiger partial charge in [0.15, 0.2) is 0 Å². The van der Waals surface area contributed by atoms with Crippen molar-refractivity contribution in [2.75, 3.05) is 27.2 Å². The lowest BCUT2D eigenvalue weighted by Crippen LogP contribution is -2.54. The lowest BCUT2D eigenvalue weighted by Gasteiger charge is -2.46. The van der Waals surface area contributed by atoms with Crippen molar-refractivity contribution in [2.45, 2.75) is 30.9 Å². The summed E-state index contributed by atoms with van der Waals surface area (Å²) in [5.41, 5.74) is 7.21.